The number of rotatable bonds is 4. The number of furan rings is 1. The van der Waals surface area contributed by atoms with E-state index in [1.807, 2.05) is 18.2 Å². The lowest BCUT2D eigenvalue weighted by atomic mass is 9.96. The van der Waals surface area contributed by atoms with E-state index < -0.39 is 0 Å². The second-order valence-electron chi connectivity index (χ2n) is 15.8. The molecule has 4 nitrogen and oxygen atoms in total. The minimum Gasteiger partial charge on any atom is -0.455 e. The van der Waals surface area contributed by atoms with Crippen molar-refractivity contribution in [2.75, 3.05) is 0 Å². The van der Waals surface area contributed by atoms with Crippen molar-refractivity contribution in [2.45, 2.75) is 0 Å². The molecular weight excluding hydrogens is 731 g/mol. The van der Waals surface area contributed by atoms with Crippen LogP contribution in [0.4, 0.5) is 0 Å². The van der Waals surface area contributed by atoms with Crippen LogP contribution in [0.2, 0.25) is 0 Å². The molecule has 3 heterocycles. The van der Waals surface area contributed by atoms with Gasteiger partial charge in [-0.15, -0.1) is 0 Å². The van der Waals surface area contributed by atoms with E-state index in [0.29, 0.717) is 0 Å². The van der Waals surface area contributed by atoms with Gasteiger partial charge in [0.25, 0.3) is 0 Å². The largest absolute Gasteiger partial charge is 0.455 e. The highest BCUT2D eigenvalue weighted by molar-refractivity contribution is 6.16. The molecule has 0 spiro atoms. The first-order chi connectivity index (χ1) is 29.7. The number of hydrogen-bond acceptors (Lipinski definition) is 3. The lowest BCUT2D eigenvalue weighted by Crippen LogP contribution is -2.04. The molecule has 0 amide bonds. The molecular formula is C56H33N3O. The molecule has 0 aliphatic heterocycles. The summed E-state index contributed by atoms with van der Waals surface area (Å²) in [6, 6.07) is 71.5. The Bertz CT molecular complexity index is 3900. The quantitative estimate of drug-likeness (QED) is 0.168. The minimum absolute atomic E-state index is 0.753. The molecule has 0 unspecified atom stereocenters. The van der Waals surface area contributed by atoms with Crippen LogP contribution in [0.15, 0.2) is 205 Å². The van der Waals surface area contributed by atoms with Crippen molar-refractivity contribution in [2.24, 2.45) is 0 Å². The average Bonchev–Trinajstić information content (AvgIpc) is 3.85. The molecule has 0 aliphatic rings. The number of para-hydroxylation sites is 2. The summed E-state index contributed by atoms with van der Waals surface area (Å²) in [6.45, 7) is 0. The SMILES string of the molecule is c1ccc(-c2ccc3nc(-n4c5ccc(-c6ccc7ccc8ccccc8c7c6)cc5c5cc6ccccc6cc54)c(-c4cccc5c4oc4ccccc45)nc3c2)cc1. The highest BCUT2D eigenvalue weighted by Crippen LogP contribution is 2.42. The summed E-state index contributed by atoms with van der Waals surface area (Å²) in [5, 5.41) is 11.8. The summed E-state index contributed by atoms with van der Waals surface area (Å²) < 4.78 is 9.02. The number of fused-ring (bicyclic) bond motifs is 11. The Morgan fingerprint density at radius 2 is 0.983 bits per heavy atom. The molecule has 60 heavy (non-hydrogen) atoms. The normalized spacial score (nSPS) is 12.0. The Kier molecular flexibility index (Phi) is 6.98. The molecule has 0 aliphatic carbocycles. The van der Waals surface area contributed by atoms with Gasteiger partial charge in [0, 0.05) is 27.1 Å². The van der Waals surface area contributed by atoms with Crippen molar-refractivity contribution in [1.82, 2.24) is 14.5 Å². The predicted molar refractivity (Wildman–Crippen MR) is 250 cm³/mol. The highest BCUT2D eigenvalue weighted by Gasteiger charge is 2.23. The zero-order chi connectivity index (χ0) is 39.3. The second kappa shape index (κ2) is 12.7. The molecule has 13 rings (SSSR count). The van der Waals surface area contributed by atoms with Crippen LogP contribution in [0, 0.1) is 0 Å². The lowest BCUT2D eigenvalue weighted by Gasteiger charge is -2.15. The van der Waals surface area contributed by atoms with E-state index in [0.717, 1.165) is 93.9 Å². The van der Waals surface area contributed by atoms with Crippen LogP contribution in [-0.4, -0.2) is 14.5 Å². The summed E-state index contributed by atoms with van der Waals surface area (Å²) >= 11 is 0. The van der Waals surface area contributed by atoms with Gasteiger partial charge in [-0.25, -0.2) is 9.97 Å². The summed E-state index contributed by atoms with van der Waals surface area (Å²) in [7, 11) is 0. The fourth-order valence-electron chi connectivity index (χ4n) is 9.42. The molecule has 3 aromatic heterocycles. The Morgan fingerprint density at radius 1 is 0.350 bits per heavy atom. The molecule has 10 aromatic carbocycles. The molecule has 0 atom stereocenters. The monoisotopic (exact) mass is 763 g/mol. The molecule has 4 heteroatoms. The third-order valence-electron chi connectivity index (χ3n) is 12.3. The lowest BCUT2D eigenvalue weighted by molar-refractivity contribution is 0.669. The molecule has 0 radical (unpaired) electrons. The summed E-state index contributed by atoms with van der Waals surface area (Å²) in [5.41, 5.74) is 11.6. The molecule has 0 N–H and O–H groups in total. The van der Waals surface area contributed by atoms with Crippen LogP contribution in [0.1, 0.15) is 0 Å². The van der Waals surface area contributed by atoms with Gasteiger partial charge in [-0.1, -0.05) is 146 Å². The Labute approximate surface area is 344 Å². The molecule has 13 aromatic rings. The molecule has 278 valence electrons. The predicted octanol–water partition coefficient (Wildman–Crippen LogP) is 15.1. The summed E-state index contributed by atoms with van der Waals surface area (Å²) in [6.07, 6.45) is 0. The van der Waals surface area contributed by atoms with Gasteiger partial charge in [-0.05, 0) is 109 Å². The zero-order valence-corrected chi connectivity index (χ0v) is 32.3. The number of hydrogen-bond donors (Lipinski definition) is 0. The average molecular weight is 764 g/mol. The van der Waals surface area contributed by atoms with E-state index in [1.165, 1.54) is 32.5 Å². The van der Waals surface area contributed by atoms with E-state index in [1.54, 1.807) is 0 Å². The Morgan fingerprint density at radius 3 is 1.85 bits per heavy atom. The molecule has 0 saturated carbocycles. The van der Waals surface area contributed by atoms with Crippen LogP contribution in [0.25, 0.3) is 126 Å². The third kappa shape index (κ3) is 4.98. The van der Waals surface area contributed by atoms with E-state index in [4.69, 9.17) is 14.4 Å². The second-order valence-corrected chi connectivity index (χ2v) is 15.8. The summed E-state index contributed by atoms with van der Waals surface area (Å²) in [5.74, 6) is 0.753. The fourth-order valence-corrected chi connectivity index (χ4v) is 9.42. The van der Waals surface area contributed by atoms with Gasteiger partial charge < -0.3 is 4.42 Å². The van der Waals surface area contributed by atoms with Gasteiger partial charge in [0.1, 0.15) is 16.9 Å². The molecule has 0 saturated heterocycles. The highest BCUT2D eigenvalue weighted by atomic mass is 16.3. The smallest absolute Gasteiger partial charge is 0.165 e. The first-order valence-electron chi connectivity index (χ1n) is 20.4. The first kappa shape index (κ1) is 32.9. The van der Waals surface area contributed by atoms with Gasteiger partial charge in [-0.3, -0.25) is 4.57 Å². The standard InChI is InChI=1S/C56H33N3O/c1-2-11-34(12-3-1)41-25-27-49-50(32-41)57-54(45-19-10-18-44-43-17-8-9-20-53(43)60-55(44)45)56(58-49)59-51-28-26-40(31-47(51)48-30-37-14-4-5-15-38(37)33-52(48)59)39-24-23-36-22-21-35-13-6-7-16-42(35)46(36)29-39/h1-33H. The van der Waals surface area contributed by atoms with Crippen LogP contribution in [0.5, 0.6) is 0 Å². The zero-order valence-electron chi connectivity index (χ0n) is 32.3. The van der Waals surface area contributed by atoms with E-state index in [2.05, 4.69) is 187 Å². The van der Waals surface area contributed by atoms with Crippen LogP contribution in [-0.2, 0) is 0 Å². The van der Waals surface area contributed by atoms with E-state index in [9.17, 15) is 0 Å². The van der Waals surface area contributed by atoms with Crippen molar-refractivity contribution in [3.63, 3.8) is 0 Å². The van der Waals surface area contributed by atoms with E-state index >= 15 is 0 Å². The minimum atomic E-state index is 0.753. The molecule has 0 fully saturated rings. The van der Waals surface area contributed by atoms with Crippen molar-refractivity contribution in [3.05, 3.63) is 200 Å². The van der Waals surface area contributed by atoms with Crippen molar-refractivity contribution in [1.29, 1.82) is 0 Å². The van der Waals surface area contributed by atoms with Gasteiger partial charge in [-0.2, -0.15) is 0 Å². The van der Waals surface area contributed by atoms with Crippen molar-refractivity contribution in [3.8, 4) is 39.3 Å². The van der Waals surface area contributed by atoms with Crippen LogP contribution >= 0.6 is 0 Å². The molecule has 0 bridgehead atoms. The summed E-state index contributed by atoms with van der Waals surface area (Å²) in [4.78, 5) is 11.1. The van der Waals surface area contributed by atoms with Crippen LogP contribution in [0.3, 0.4) is 0 Å². The first-order valence-corrected chi connectivity index (χ1v) is 20.4. The Balaban J connectivity index is 1.11. The maximum Gasteiger partial charge on any atom is 0.165 e. The number of benzene rings is 10. The van der Waals surface area contributed by atoms with Crippen molar-refractivity contribution < 1.29 is 4.42 Å². The third-order valence-corrected chi connectivity index (χ3v) is 12.3. The van der Waals surface area contributed by atoms with Gasteiger partial charge in [0.2, 0.25) is 0 Å². The fraction of sp³-hybridized carbons (Fsp3) is 0. The van der Waals surface area contributed by atoms with Crippen molar-refractivity contribution >= 4 is 87.1 Å². The maximum absolute atomic E-state index is 6.69. The van der Waals surface area contributed by atoms with Gasteiger partial charge >= 0.3 is 0 Å². The van der Waals surface area contributed by atoms with Gasteiger partial charge in [0.15, 0.2) is 5.82 Å². The Hall–Kier alpha value is -8.08. The topological polar surface area (TPSA) is 43.9 Å². The van der Waals surface area contributed by atoms with Crippen LogP contribution < -0.4 is 0 Å². The van der Waals surface area contributed by atoms with Gasteiger partial charge in [0.05, 0.1) is 22.1 Å². The van der Waals surface area contributed by atoms with E-state index in [-0.39, 0.29) is 0 Å². The number of aromatic nitrogens is 3. The maximum atomic E-state index is 6.69. The number of nitrogens with zero attached hydrogens (tertiary/aromatic N) is 3.